The van der Waals surface area contributed by atoms with Crippen molar-refractivity contribution in [3.8, 4) is 0 Å². The molecule has 0 aromatic heterocycles. The van der Waals surface area contributed by atoms with Gasteiger partial charge in [0, 0.05) is 16.8 Å². The summed E-state index contributed by atoms with van der Waals surface area (Å²) in [5.41, 5.74) is 2.49. The van der Waals surface area contributed by atoms with Gasteiger partial charge in [0.05, 0.1) is 0 Å². The van der Waals surface area contributed by atoms with Crippen molar-refractivity contribution < 1.29 is 0 Å². The third kappa shape index (κ3) is 2.47. The average molecular weight is 268 g/mol. The molecule has 3 rings (SSSR count). The van der Waals surface area contributed by atoms with E-state index in [0.29, 0.717) is 0 Å². The van der Waals surface area contributed by atoms with Crippen molar-refractivity contribution in [2.45, 2.75) is 51.6 Å². The Hall–Kier alpha value is -1.70. The van der Waals surface area contributed by atoms with Crippen LogP contribution in [0.15, 0.2) is 36.4 Å². The van der Waals surface area contributed by atoms with Gasteiger partial charge in [-0.15, -0.1) is 0 Å². The van der Waals surface area contributed by atoms with Crippen molar-refractivity contribution in [2.75, 3.05) is 10.6 Å². The van der Waals surface area contributed by atoms with Crippen LogP contribution in [0.2, 0.25) is 0 Å². The number of nitrogens with one attached hydrogen (secondary N) is 2. The summed E-state index contributed by atoms with van der Waals surface area (Å²) in [6.45, 7) is 4.53. The SMILES string of the molecule is CCCCCCC1(C)Nc2cccc3cccc(c23)N1. The summed E-state index contributed by atoms with van der Waals surface area (Å²) >= 11 is 0. The highest BCUT2D eigenvalue weighted by Crippen LogP contribution is 2.38. The molecule has 106 valence electrons. The van der Waals surface area contributed by atoms with E-state index in [9.17, 15) is 0 Å². The molecule has 0 atom stereocenters. The number of benzene rings is 2. The van der Waals surface area contributed by atoms with E-state index in [0.717, 1.165) is 6.42 Å². The molecule has 2 N–H and O–H groups in total. The van der Waals surface area contributed by atoms with Gasteiger partial charge < -0.3 is 10.6 Å². The molecule has 0 unspecified atom stereocenters. The van der Waals surface area contributed by atoms with Gasteiger partial charge in [0.1, 0.15) is 5.66 Å². The summed E-state index contributed by atoms with van der Waals surface area (Å²) in [7, 11) is 0. The van der Waals surface area contributed by atoms with E-state index in [1.54, 1.807) is 0 Å². The van der Waals surface area contributed by atoms with Crippen LogP contribution < -0.4 is 10.6 Å². The monoisotopic (exact) mass is 268 g/mol. The lowest BCUT2D eigenvalue weighted by Crippen LogP contribution is -2.45. The average Bonchev–Trinajstić information content (AvgIpc) is 2.44. The van der Waals surface area contributed by atoms with E-state index in [2.05, 4.69) is 60.9 Å². The molecule has 20 heavy (non-hydrogen) atoms. The topological polar surface area (TPSA) is 24.1 Å². The van der Waals surface area contributed by atoms with Crippen LogP contribution in [0, 0.1) is 0 Å². The van der Waals surface area contributed by atoms with Crippen molar-refractivity contribution in [2.24, 2.45) is 0 Å². The molecule has 2 heteroatoms. The lowest BCUT2D eigenvalue weighted by molar-refractivity contribution is 0.488. The predicted octanol–water partition coefficient (Wildman–Crippen LogP) is 5.36. The maximum atomic E-state index is 3.70. The number of rotatable bonds is 5. The molecule has 1 heterocycles. The van der Waals surface area contributed by atoms with Crippen molar-refractivity contribution >= 4 is 22.1 Å². The second kappa shape index (κ2) is 5.35. The predicted molar refractivity (Wildman–Crippen MR) is 88.4 cm³/mol. The number of hydrogen-bond donors (Lipinski definition) is 2. The van der Waals surface area contributed by atoms with E-state index >= 15 is 0 Å². The highest BCUT2D eigenvalue weighted by atomic mass is 15.2. The van der Waals surface area contributed by atoms with Gasteiger partial charge >= 0.3 is 0 Å². The van der Waals surface area contributed by atoms with Crippen molar-refractivity contribution in [3.63, 3.8) is 0 Å². The Morgan fingerprint density at radius 1 is 0.900 bits per heavy atom. The Balaban J connectivity index is 1.83. The number of unbranched alkanes of at least 4 members (excludes halogenated alkanes) is 3. The Labute approximate surface area is 121 Å². The zero-order chi connectivity index (χ0) is 14.0. The zero-order valence-electron chi connectivity index (χ0n) is 12.5. The van der Waals surface area contributed by atoms with Crippen LogP contribution in [0.4, 0.5) is 11.4 Å². The Morgan fingerprint density at radius 3 is 2.15 bits per heavy atom. The fourth-order valence-corrected chi connectivity index (χ4v) is 3.21. The van der Waals surface area contributed by atoms with Crippen molar-refractivity contribution in [1.29, 1.82) is 0 Å². The first-order valence-electron chi connectivity index (χ1n) is 7.80. The molecular formula is C18H24N2. The summed E-state index contributed by atoms with van der Waals surface area (Å²) in [6.07, 6.45) is 6.36. The standard InChI is InChI=1S/C18H24N2/c1-3-4-5-6-13-18(2)19-15-11-7-9-14-10-8-12-16(20-18)17(14)15/h7-12,19-20H,3-6,13H2,1-2H3. The van der Waals surface area contributed by atoms with Crippen LogP contribution in [-0.2, 0) is 0 Å². The van der Waals surface area contributed by atoms with Gasteiger partial charge in [0.15, 0.2) is 0 Å². The maximum absolute atomic E-state index is 3.70. The van der Waals surface area contributed by atoms with Crippen LogP contribution in [0.5, 0.6) is 0 Å². The molecule has 2 nitrogen and oxygen atoms in total. The smallest absolute Gasteiger partial charge is 0.105 e. The quantitative estimate of drug-likeness (QED) is 0.713. The number of anilines is 2. The minimum Gasteiger partial charge on any atom is -0.363 e. The lowest BCUT2D eigenvalue weighted by atomic mass is 9.96. The molecule has 1 aliphatic heterocycles. The summed E-state index contributed by atoms with van der Waals surface area (Å²) < 4.78 is 0. The molecule has 0 spiro atoms. The van der Waals surface area contributed by atoms with E-state index in [1.807, 2.05) is 0 Å². The van der Waals surface area contributed by atoms with Crippen LogP contribution in [0.1, 0.15) is 46.0 Å². The molecule has 0 bridgehead atoms. The van der Waals surface area contributed by atoms with Gasteiger partial charge in [0.25, 0.3) is 0 Å². The second-order valence-electron chi connectivity index (χ2n) is 6.10. The first-order valence-corrected chi connectivity index (χ1v) is 7.80. The highest BCUT2D eigenvalue weighted by Gasteiger charge is 2.28. The van der Waals surface area contributed by atoms with E-state index < -0.39 is 0 Å². The first-order chi connectivity index (χ1) is 9.72. The van der Waals surface area contributed by atoms with E-state index in [-0.39, 0.29) is 5.66 Å². The van der Waals surface area contributed by atoms with Gasteiger partial charge in [-0.05, 0) is 37.3 Å². The fourth-order valence-electron chi connectivity index (χ4n) is 3.21. The third-order valence-electron chi connectivity index (χ3n) is 4.26. The summed E-state index contributed by atoms with van der Waals surface area (Å²) in [4.78, 5) is 0. The summed E-state index contributed by atoms with van der Waals surface area (Å²) in [5, 5.41) is 10.0. The molecule has 0 saturated carbocycles. The summed E-state index contributed by atoms with van der Waals surface area (Å²) in [5.74, 6) is 0. The van der Waals surface area contributed by atoms with Gasteiger partial charge in [-0.2, -0.15) is 0 Å². The maximum Gasteiger partial charge on any atom is 0.105 e. The van der Waals surface area contributed by atoms with Crippen LogP contribution in [0.3, 0.4) is 0 Å². The van der Waals surface area contributed by atoms with Gasteiger partial charge in [-0.3, -0.25) is 0 Å². The number of hydrogen-bond acceptors (Lipinski definition) is 2. The van der Waals surface area contributed by atoms with Gasteiger partial charge in [-0.25, -0.2) is 0 Å². The van der Waals surface area contributed by atoms with Crippen LogP contribution in [0.25, 0.3) is 10.8 Å². The van der Waals surface area contributed by atoms with E-state index in [1.165, 1.54) is 47.8 Å². The second-order valence-corrected chi connectivity index (χ2v) is 6.10. The third-order valence-corrected chi connectivity index (χ3v) is 4.26. The molecule has 0 aliphatic carbocycles. The molecule has 0 amide bonds. The molecule has 0 radical (unpaired) electrons. The fraction of sp³-hybridized carbons (Fsp3) is 0.444. The highest BCUT2D eigenvalue weighted by molar-refractivity contribution is 6.05. The summed E-state index contributed by atoms with van der Waals surface area (Å²) in [6, 6.07) is 13.0. The molecule has 1 aliphatic rings. The Bertz CT molecular complexity index is 563. The molecule has 2 aromatic carbocycles. The largest absolute Gasteiger partial charge is 0.363 e. The molecule has 2 aromatic rings. The molecule has 0 saturated heterocycles. The zero-order valence-corrected chi connectivity index (χ0v) is 12.5. The molecular weight excluding hydrogens is 244 g/mol. The Kier molecular flexibility index (Phi) is 3.56. The Morgan fingerprint density at radius 2 is 1.55 bits per heavy atom. The lowest BCUT2D eigenvalue weighted by Gasteiger charge is -2.39. The van der Waals surface area contributed by atoms with E-state index in [4.69, 9.17) is 0 Å². The minimum atomic E-state index is -0.0314. The van der Waals surface area contributed by atoms with Crippen molar-refractivity contribution in [3.05, 3.63) is 36.4 Å². The first kappa shape index (κ1) is 13.3. The molecule has 0 fully saturated rings. The van der Waals surface area contributed by atoms with Gasteiger partial charge in [0.2, 0.25) is 0 Å². The minimum absolute atomic E-state index is 0.0314. The van der Waals surface area contributed by atoms with Crippen LogP contribution >= 0.6 is 0 Å². The van der Waals surface area contributed by atoms with Crippen LogP contribution in [-0.4, -0.2) is 5.66 Å². The normalized spacial score (nSPS) is 15.7. The van der Waals surface area contributed by atoms with Gasteiger partial charge in [-0.1, -0.05) is 50.5 Å². The van der Waals surface area contributed by atoms with Crippen molar-refractivity contribution in [1.82, 2.24) is 0 Å².